The molecule has 0 saturated carbocycles. The van der Waals surface area contributed by atoms with E-state index in [1.54, 1.807) is 6.20 Å². The van der Waals surface area contributed by atoms with Crippen molar-refractivity contribution in [3.05, 3.63) is 66.0 Å². The zero-order valence-electron chi connectivity index (χ0n) is 19.3. The number of hydrogen-bond acceptors (Lipinski definition) is 7. The molecule has 2 aromatic rings. The van der Waals surface area contributed by atoms with Gasteiger partial charge in [-0.3, -0.25) is 4.98 Å². The molecule has 0 unspecified atom stereocenters. The molecule has 33 heavy (non-hydrogen) atoms. The second-order valence-electron chi connectivity index (χ2n) is 6.59. The van der Waals surface area contributed by atoms with E-state index in [0.717, 1.165) is 31.7 Å². The Labute approximate surface area is 218 Å². The molecule has 0 spiro atoms. The maximum Gasteiger partial charge on any atom is 2.00 e. The third kappa shape index (κ3) is 8.47. The van der Waals surface area contributed by atoms with Crippen LogP contribution in [0.2, 0.25) is 0 Å². The van der Waals surface area contributed by atoms with Crippen LogP contribution >= 0.6 is 0 Å². The van der Waals surface area contributed by atoms with Crippen LogP contribution in [0.4, 0.5) is 0 Å². The van der Waals surface area contributed by atoms with E-state index in [-0.39, 0.29) is 17.1 Å². The van der Waals surface area contributed by atoms with Crippen molar-refractivity contribution in [1.82, 2.24) is 14.8 Å². The van der Waals surface area contributed by atoms with Crippen LogP contribution in [-0.4, -0.2) is 62.7 Å². The van der Waals surface area contributed by atoms with E-state index < -0.39 is 0 Å². The normalized spacial score (nSPS) is 12.8. The van der Waals surface area contributed by atoms with Gasteiger partial charge < -0.3 is 35.1 Å². The monoisotopic (exact) mass is 530 g/mol. The first-order chi connectivity index (χ1) is 15.5. The summed E-state index contributed by atoms with van der Waals surface area (Å²) in [6.45, 7) is 11.1. The summed E-state index contributed by atoms with van der Waals surface area (Å²) < 4.78 is 0. The molecular weight excluding hydrogens is 502 g/mol. The fraction of sp³-hybridized carbons (Fsp3) is 0.348. The zero-order valence-corrected chi connectivity index (χ0v) is 21.8. The van der Waals surface area contributed by atoms with Crippen molar-refractivity contribution in [3.63, 3.8) is 0 Å². The van der Waals surface area contributed by atoms with Gasteiger partial charge in [0.05, 0.1) is 5.69 Å². The first kappa shape index (κ1) is 28.6. The number of rotatable bonds is 9. The summed E-state index contributed by atoms with van der Waals surface area (Å²) in [6.07, 6.45) is 1.70. The van der Waals surface area contributed by atoms with Crippen molar-refractivity contribution in [2.75, 3.05) is 26.2 Å². The Bertz CT molecular complexity index is 876. The number of amidine groups is 2. The number of pyridine rings is 1. The average molecular weight is 531 g/mol. The Balaban J connectivity index is 0.00000544. The molecular formula is C23H29CuN7S2. The number of benzene rings is 1. The zero-order chi connectivity index (χ0) is 23.3. The molecule has 179 valence electrons. The maximum atomic E-state index is 5.46. The SMILES string of the molecule is CCN(CC)/C([S-])=N/N=C(/C(=N/N=C(\[S-])N(CC)CC)c1ccccn1)c1ccccc1.[Cu+2]. The van der Waals surface area contributed by atoms with Gasteiger partial charge in [0.2, 0.25) is 0 Å². The topological polar surface area (TPSA) is 68.8 Å². The van der Waals surface area contributed by atoms with Gasteiger partial charge in [-0.1, -0.05) is 36.4 Å². The number of hydrogen-bond donors (Lipinski definition) is 0. The number of nitrogens with zero attached hydrogens (tertiary/aromatic N) is 7. The quantitative estimate of drug-likeness (QED) is 0.163. The van der Waals surface area contributed by atoms with Crippen LogP contribution in [0.25, 0.3) is 0 Å². The van der Waals surface area contributed by atoms with Crippen LogP contribution in [0, 0.1) is 0 Å². The summed E-state index contributed by atoms with van der Waals surface area (Å²) in [5, 5.41) is 18.5. The standard InChI is InChI=1S/C23H31N7S2.Cu/c1-5-29(6-2)22(31)27-25-20(18-14-10-9-11-15-18)21(19-16-12-13-17-24-19)26-28-23(32)30(7-3)8-4;/h9-17H,5-8H2,1-4H3,(H,27,31)(H,28,32);/q;+2/p-2/b25-20+,26-21+;. The Morgan fingerprint density at radius 3 is 1.64 bits per heavy atom. The Morgan fingerprint density at radius 1 is 0.697 bits per heavy atom. The minimum Gasteiger partial charge on any atom is -0.741 e. The van der Waals surface area contributed by atoms with E-state index in [0.29, 0.717) is 27.5 Å². The van der Waals surface area contributed by atoms with Crippen LogP contribution in [-0.2, 0) is 42.3 Å². The molecule has 0 saturated heterocycles. The van der Waals surface area contributed by atoms with Gasteiger partial charge in [0.25, 0.3) is 0 Å². The largest absolute Gasteiger partial charge is 2.00 e. The van der Waals surface area contributed by atoms with Crippen LogP contribution in [0.1, 0.15) is 39.0 Å². The summed E-state index contributed by atoms with van der Waals surface area (Å²) in [5.41, 5.74) is 2.43. The molecule has 1 aromatic heterocycles. The first-order valence-corrected chi connectivity index (χ1v) is 11.5. The van der Waals surface area contributed by atoms with E-state index in [1.165, 1.54) is 0 Å². The van der Waals surface area contributed by atoms with Gasteiger partial charge in [0.15, 0.2) is 0 Å². The first-order valence-electron chi connectivity index (χ1n) is 10.7. The van der Waals surface area contributed by atoms with Gasteiger partial charge in [-0.25, -0.2) is 0 Å². The predicted molar refractivity (Wildman–Crippen MR) is 139 cm³/mol. The van der Waals surface area contributed by atoms with Gasteiger partial charge in [-0.05, 0) is 39.8 Å². The summed E-state index contributed by atoms with van der Waals surface area (Å²) in [6, 6.07) is 15.3. The average Bonchev–Trinajstić information content (AvgIpc) is 2.83. The van der Waals surface area contributed by atoms with Crippen LogP contribution in [0.5, 0.6) is 0 Å². The minimum atomic E-state index is 0. The minimum absolute atomic E-state index is 0. The van der Waals surface area contributed by atoms with Crippen molar-refractivity contribution in [1.29, 1.82) is 0 Å². The van der Waals surface area contributed by atoms with Gasteiger partial charge in [-0.15, -0.1) is 10.2 Å². The van der Waals surface area contributed by atoms with Crippen LogP contribution < -0.4 is 0 Å². The summed E-state index contributed by atoms with van der Waals surface area (Å²) in [5.74, 6) is 0. The van der Waals surface area contributed by atoms with Gasteiger partial charge in [0, 0.05) is 48.3 Å². The van der Waals surface area contributed by atoms with Crippen molar-refractivity contribution in [3.8, 4) is 0 Å². The smallest absolute Gasteiger partial charge is 0.741 e. The molecule has 0 aliphatic heterocycles. The molecule has 1 heterocycles. The second-order valence-corrected chi connectivity index (χ2v) is 7.32. The van der Waals surface area contributed by atoms with Gasteiger partial charge >= 0.3 is 17.1 Å². The molecule has 0 amide bonds. The third-order valence-electron chi connectivity index (χ3n) is 4.72. The van der Waals surface area contributed by atoms with E-state index >= 15 is 0 Å². The molecule has 2 rings (SSSR count). The van der Waals surface area contributed by atoms with Crippen molar-refractivity contribution in [2.24, 2.45) is 20.4 Å². The van der Waals surface area contributed by atoms with Crippen LogP contribution in [0.3, 0.4) is 0 Å². The predicted octanol–water partition coefficient (Wildman–Crippen LogP) is 3.68. The number of aromatic nitrogens is 1. The van der Waals surface area contributed by atoms with Crippen LogP contribution in [0.15, 0.2) is 75.1 Å². The molecule has 1 radical (unpaired) electrons. The molecule has 0 atom stereocenters. The Kier molecular flexibility index (Phi) is 13.4. The van der Waals surface area contributed by atoms with Gasteiger partial charge in [-0.2, -0.15) is 10.2 Å². The van der Waals surface area contributed by atoms with E-state index in [4.69, 9.17) is 25.3 Å². The Hall–Kier alpha value is -2.39. The molecule has 0 aliphatic rings. The molecule has 0 bridgehead atoms. The van der Waals surface area contributed by atoms with E-state index in [9.17, 15) is 0 Å². The summed E-state index contributed by atoms with van der Waals surface area (Å²) >= 11 is 10.9. The van der Waals surface area contributed by atoms with Gasteiger partial charge in [0.1, 0.15) is 11.4 Å². The van der Waals surface area contributed by atoms with E-state index in [2.05, 4.69) is 25.4 Å². The fourth-order valence-electron chi connectivity index (χ4n) is 2.86. The molecule has 0 N–H and O–H groups in total. The second kappa shape index (κ2) is 15.4. The molecule has 0 aliphatic carbocycles. The molecule has 10 heteroatoms. The maximum absolute atomic E-state index is 5.46. The van der Waals surface area contributed by atoms with E-state index in [1.807, 2.05) is 86.0 Å². The van der Waals surface area contributed by atoms with Crippen molar-refractivity contribution >= 4 is 47.0 Å². The molecule has 1 aromatic carbocycles. The molecule has 0 fully saturated rings. The molecule has 7 nitrogen and oxygen atoms in total. The summed E-state index contributed by atoms with van der Waals surface area (Å²) in [7, 11) is 0. The fourth-order valence-corrected chi connectivity index (χ4v) is 3.46. The summed E-state index contributed by atoms with van der Waals surface area (Å²) in [4.78, 5) is 8.38. The van der Waals surface area contributed by atoms with Crippen molar-refractivity contribution < 1.29 is 17.1 Å². The van der Waals surface area contributed by atoms with Crippen molar-refractivity contribution in [2.45, 2.75) is 27.7 Å². The Morgan fingerprint density at radius 2 is 1.18 bits per heavy atom. The third-order valence-corrected chi connectivity index (χ3v) is 5.40.